The molecule has 0 atom stereocenters. The number of aromatic nitrogens is 2. The minimum atomic E-state index is 0.932. The van der Waals surface area contributed by atoms with E-state index < -0.39 is 0 Å². The van der Waals surface area contributed by atoms with E-state index in [9.17, 15) is 0 Å². The van der Waals surface area contributed by atoms with Crippen LogP contribution < -0.4 is 0 Å². The fourth-order valence-corrected chi connectivity index (χ4v) is 4.12. The summed E-state index contributed by atoms with van der Waals surface area (Å²) in [5.41, 5.74) is 3.69. The Kier molecular flexibility index (Phi) is 5.02. The molecule has 0 unspecified atom stereocenters. The molecule has 1 aromatic carbocycles. The van der Waals surface area contributed by atoms with Gasteiger partial charge in [-0.25, -0.2) is 0 Å². The van der Waals surface area contributed by atoms with Crippen molar-refractivity contribution in [2.24, 2.45) is 18.9 Å². The monoisotopic (exact) mass is 360 g/mol. The molecular weight excluding hydrogens is 336 g/mol. The van der Waals surface area contributed by atoms with Crippen molar-refractivity contribution in [3.05, 3.63) is 40.5 Å². The Bertz CT molecular complexity index is 624. The molecule has 3 heteroatoms. The fourth-order valence-electron chi connectivity index (χ4n) is 3.52. The number of rotatable bonds is 4. The Hall–Kier alpha value is -1.09. The maximum Gasteiger partial charge on any atom is 0.106 e. The molecule has 1 saturated carbocycles. The molecule has 2 nitrogen and oxygen atoms in total. The second kappa shape index (κ2) is 6.99. The predicted molar refractivity (Wildman–Crippen MR) is 95.8 cm³/mol. The van der Waals surface area contributed by atoms with Crippen LogP contribution in [0, 0.1) is 11.8 Å². The molecule has 0 bridgehead atoms. The molecule has 0 N–H and O–H groups in total. The lowest BCUT2D eigenvalue weighted by molar-refractivity contribution is 0.278. The van der Waals surface area contributed by atoms with Gasteiger partial charge in [-0.1, -0.05) is 50.8 Å². The molecule has 2 aromatic rings. The lowest BCUT2D eigenvalue weighted by Crippen LogP contribution is -2.12. The quantitative estimate of drug-likeness (QED) is 0.692. The molecule has 0 spiro atoms. The van der Waals surface area contributed by atoms with Crippen molar-refractivity contribution in [1.29, 1.82) is 0 Å². The Morgan fingerprint density at radius 3 is 2.68 bits per heavy atom. The van der Waals surface area contributed by atoms with Gasteiger partial charge in [0.25, 0.3) is 0 Å². The van der Waals surface area contributed by atoms with Gasteiger partial charge in [-0.05, 0) is 52.2 Å². The molecule has 1 aliphatic rings. The highest BCUT2D eigenvalue weighted by atomic mass is 79.9. The van der Waals surface area contributed by atoms with Crippen LogP contribution >= 0.6 is 15.9 Å². The minimum Gasteiger partial charge on any atom is -0.274 e. The van der Waals surface area contributed by atoms with Gasteiger partial charge in [0.15, 0.2) is 0 Å². The number of benzene rings is 1. The molecule has 22 heavy (non-hydrogen) atoms. The molecule has 1 fully saturated rings. The Morgan fingerprint density at radius 1 is 1.23 bits per heavy atom. The SMILES string of the molecule is CC1CCC(CCc2cccc(-c3nn(C)cc3Br)c2)CC1. The Morgan fingerprint density at radius 2 is 2.00 bits per heavy atom. The van der Waals surface area contributed by atoms with Gasteiger partial charge in [-0.2, -0.15) is 5.10 Å². The van der Waals surface area contributed by atoms with E-state index >= 15 is 0 Å². The van der Waals surface area contributed by atoms with Crippen LogP contribution in [0.15, 0.2) is 34.9 Å². The van der Waals surface area contributed by atoms with Crippen molar-refractivity contribution >= 4 is 15.9 Å². The minimum absolute atomic E-state index is 0.932. The van der Waals surface area contributed by atoms with Gasteiger partial charge in [0.05, 0.1) is 4.47 Å². The summed E-state index contributed by atoms with van der Waals surface area (Å²) in [4.78, 5) is 0. The van der Waals surface area contributed by atoms with E-state index in [-0.39, 0.29) is 0 Å². The van der Waals surface area contributed by atoms with E-state index in [4.69, 9.17) is 0 Å². The second-order valence-electron chi connectivity index (χ2n) is 6.86. The molecule has 1 heterocycles. The maximum atomic E-state index is 4.55. The summed E-state index contributed by atoms with van der Waals surface area (Å²) in [7, 11) is 1.96. The first-order valence-electron chi connectivity index (χ1n) is 8.40. The molecule has 3 rings (SSSR count). The largest absolute Gasteiger partial charge is 0.274 e. The molecule has 1 aliphatic carbocycles. The second-order valence-corrected chi connectivity index (χ2v) is 7.72. The fraction of sp³-hybridized carbons (Fsp3) is 0.526. The van der Waals surface area contributed by atoms with Gasteiger partial charge in [0, 0.05) is 18.8 Å². The van der Waals surface area contributed by atoms with E-state index in [1.165, 1.54) is 49.7 Å². The normalized spacial score (nSPS) is 22.0. The molecule has 0 amide bonds. The first kappa shape index (κ1) is 15.8. The third-order valence-corrected chi connectivity index (χ3v) is 5.54. The molecule has 0 saturated heterocycles. The number of nitrogens with zero attached hydrogens (tertiary/aromatic N) is 2. The highest BCUT2D eigenvalue weighted by Crippen LogP contribution is 2.32. The first-order chi connectivity index (χ1) is 10.6. The van der Waals surface area contributed by atoms with Gasteiger partial charge in [0.1, 0.15) is 5.69 Å². The standard InChI is InChI=1S/C19H25BrN2/c1-14-6-8-15(9-7-14)10-11-16-4-3-5-17(12-16)19-18(20)13-22(2)21-19/h3-5,12-15H,6-11H2,1-2H3. The van der Waals surface area contributed by atoms with Crippen molar-refractivity contribution in [2.45, 2.75) is 45.4 Å². The first-order valence-corrected chi connectivity index (χ1v) is 9.19. The maximum absolute atomic E-state index is 4.55. The van der Waals surface area contributed by atoms with Crippen LogP contribution in [0.5, 0.6) is 0 Å². The van der Waals surface area contributed by atoms with Crippen molar-refractivity contribution < 1.29 is 0 Å². The van der Waals surface area contributed by atoms with Crippen LogP contribution in [-0.4, -0.2) is 9.78 Å². The average molecular weight is 361 g/mol. The van der Waals surface area contributed by atoms with Gasteiger partial charge in [-0.3, -0.25) is 4.68 Å². The molecule has 0 radical (unpaired) electrons. The summed E-state index contributed by atoms with van der Waals surface area (Å²) < 4.78 is 2.92. The van der Waals surface area contributed by atoms with Gasteiger partial charge in [-0.15, -0.1) is 0 Å². The van der Waals surface area contributed by atoms with E-state index in [0.717, 1.165) is 22.0 Å². The highest BCUT2D eigenvalue weighted by Gasteiger charge is 2.18. The van der Waals surface area contributed by atoms with E-state index in [2.05, 4.69) is 52.2 Å². The summed E-state index contributed by atoms with van der Waals surface area (Å²) in [5.74, 6) is 1.88. The van der Waals surface area contributed by atoms with Crippen LogP contribution in [0.4, 0.5) is 0 Å². The molecule has 1 aromatic heterocycles. The smallest absolute Gasteiger partial charge is 0.106 e. The lowest BCUT2D eigenvalue weighted by Gasteiger charge is -2.26. The number of halogens is 1. The highest BCUT2D eigenvalue weighted by molar-refractivity contribution is 9.10. The predicted octanol–water partition coefficient (Wildman–Crippen LogP) is 5.61. The molecular formula is C19H25BrN2. The summed E-state index contributed by atoms with van der Waals surface area (Å²) >= 11 is 3.60. The zero-order chi connectivity index (χ0) is 15.5. The summed E-state index contributed by atoms with van der Waals surface area (Å²) in [6.45, 7) is 2.39. The van der Waals surface area contributed by atoms with Crippen molar-refractivity contribution in [3.8, 4) is 11.3 Å². The lowest BCUT2D eigenvalue weighted by atomic mass is 9.80. The topological polar surface area (TPSA) is 17.8 Å². The van der Waals surface area contributed by atoms with Gasteiger partial charge in [0.2, 0.25) is 0 Å². The zero-order valence-electron chi connectivity index (χ0n) is 13.6. The molecule has 118 valence electrons. The summed E-state index contributed by atoms with van der Waals surface area (Å²) in [6, 6.07) is 8.87. The summed E-state index contributed by atoms with van der Waals surface area (Å²) in [6.07, 6.45) is 10.2. The number of aryl methyl sites for hydroxylation is 2. The van der Waals surface area contributed by atoms with E-state index in [1.807, 2.05) is 17.9 Å². The van der Waals surface area contributed by atoms with Crippen LogP contribution in [0.2, 0.25) is 0 Å². The Balaban J connectivity index is 1.65. The third-order valence-electron chi connectivity index (χ3n) is 4.96. The molecule has 0 aliphatic heterocycles. The van der Waals surface area contributed by atoms with E-state index in [1.54, 1.807) is 0 Å². The number of hydrogen-bond acceptors (Lipinski definition) is 1. The summed E-state index contributed by atoms with van der Waals surface area (Å²) in [5, 5.41) is 4.55. The van der Waals surface area contributed by atoms with Crippen molar-refractivity contribution in [1.82, 2.24) is 9.78 Å². The van der Waals surface area contributed by atoms with Crippen LogP contribution in [0.25, 0.3) is 11.3 Å². The third kappa shape index (κ3) is 3.81. The Labute approximate surface area is 142 Å². The van der Waals surface area contributed by atoms with Crippen LogP contribution in [0.3, 0.4) is 0 Å². The number of hydrogen-bond donors (Lipinski definition) is 0. The van der Waals surface area contributed by atoms with Crippen LogP contribution in [-0.2, 0) is 13.5 Å². The average Bonchev–Trinajstić information content (AvgIpc) is 2.86. The van der Waals surface area contributed by atoms with Crippen molar-refractivity contribution in [3.63, 3.8) is 0 Å². The van der Waals surface area contributed by atoms with Gasteiger partial charge >= 0.3 is 0 Å². The van der Waals surface area contributed by atoms with Crippen LogP contribution in [0.1, 0.15) is 44.6 Å². The zero-order valence-corrected chi connectivity index (χ0v) is 15.1. The van der Waals surface area contributed by atoms with Crippen molar-refractivity contribution in [2.75, 3.05) is 0 Å². The van der Waals surface area contributed by atoms with E-state index in [0.29, 0.717) is 0 Å². The van der Waals surface area contributed by atoms with Gasteiger partial charge < -0.3 is 0 Å².